The van der Waals surface area contributed by atoms with Crippen LogP contribution >= 0.6 is 11.8 Å². The minimum absolute atomic E-state index is 0.0724. The molecule has 0 aromatic rings. The highest BCUT2D eigenvalue weighted by Crippen LogP contribution is 2.39. The van der Waals surface area contributed by atoms with Crippen LogP contribution in [0.25, 0.3) is 0 Å². The number of thioether (sulfide) groups is 1. The Labute approximate surface area is 118 Å². The Morgan fingerprint density at radius 3 is 2.53 bits per heavy atom. The zero-order valence-electron chi connectivity index (χ0n) is 11.3. The number of carboxylic acids is 1. The maximum atomic E-state index is 12.1. The zero-order chi connectivity index (χ0) is 13.7. The van der Waals surface area contributed by atoms with Crippen LogP contribution in [0.3, 0.4) is 0 Å². The first-order valence-corrected chi connectivity index (χ1v) is 8.38. The average Bonchev–Trinajstić information content (AvgIpc) is 2.40. The second-order valence-electron chi connectivity index (χ2n) is 5.80. The van der Waals surface area contributed by atoms with Gasteiger partial charge in [-0.15, -0.1) is 0 Å². The van der Waals surface area contributed by atoms with Gasteiger partial charge in [-0.05, 0) is 31.4 Å². The van der Waals surface area contributed by atoms with E-state index in [2.05, 4.69) is 5.32 Å². The molecule has 2 N–H and O–H groups in total. The van der Waals surface area contributed by atoms with Crippen LogP contribution in [-0.2, 0) is 9.59 Å². The molecule has 2 aliphatic rings. The molecule has 0 radical (unpaired) electrons. The second-order valence-corrected chi connectivity index (χ2v) is 6.95. The molecule has 1 atom stereocenters. The topological polar surface area (TPSA) is 66.4 Å². The number of aliphatic carboxylic acids is 1. The largest absolute Gasteiger partial charge is 0.481 e. The van der Waals surface area contributed by atoms with E-state index >= 15 is 0 Å². The van der Waals surface area contributed by atoms with Crippen molar-refractivity contribution in [2.75, 3.05) is 11.5 Å². The van der Waals surface area contributed by atoms with Crippen molar-refractivity contribution in [3.63, 3.8) is 0 Å². The third-order valence-electron chi connectivity index (χ3n) is 4.29. The fourth-order valence-corrected chi connectivity index (χ4v) is 4.21. The van der Waals surface area contributed by atoms with Crippen molar-refractivity contribution in [2.24, 2.45) is 5.41 Å². The van der Waals surface area contributed by atoms with Gasteiger partial charge in [0, 0.05) is 18.2 Å². The summed E-state index contributed by atoms with van der Waals surface area (Å²) in [4.78, 5) is 23.6. The molecule has 0 bridgehead atoms. The van der Waals surface area contributed by atoms with Gasteiger partial charge in [0.25, 0.3) is 0 Å². The van der Waals surface area contributed by atoms with E-state index in [1.54, 1.807) is 0 Å². The van der Waals surface area contributed by atoms with E-state index in [1.807, 2.05) is 11.8 Å². The monoisotopic (exact) mass is 285 g/mol. The van der Waals surface area contributed by atoms with Gasteiger partial charge in [-0.25, -0.2) is 0 Å². The normalized spacial score (nSPS) is 26.6. The van der Waals surface area contributed by atoms with Crippen molar-refractivity contribution in [1.29, 1.82) is 0 Å². The van der Waals surface area contributed by atoms with Crippen LogP contribution in [0.5, 0.6) is 0 Å². The number of hydrogen-bond donors (Lipinski definition) is 2. The summed E-state index contributed by atoms with van der Waals surface area (Å²) in [6, 6.07) is 0.237. The number of carbonyl (C=O) groups excluding carboxylic acids is 1. The summed E-state index contributed by atoms with van der Waals surface area (Å²) in [5, 5.41) is 12.5. The van der Waals surface area contributed by atoms with E-state index in [0.29, 0.717) is 12.8 Å². The average molecular weight is 285 g/mol. The van der Waals surface area contributed by atoms with Crippen molar-refractivity contribution < 1.29 is 14.7 Å². The van der Waals surface area contributed by atoms with Gasteiger partial charge in [0.05, 0.1) is 5.41 Å². The Balaban J connectivity index is 1.89. The predicted octanol–water partition coefficient (Wildman–Crippen LogP) is 2.42. The molecule has 108 valence electrons. The molecule has 0 aromatic carbocycles. The quantitative estimate of drug-likeness (QED) is 0.832. The van der Waals surface area contributed by atoms with Gasteiger partial charge < -0.3 is 10.4 Å². The molecule has 0 aromatic heterocycles. The lowest BCUT2D eigenvalue weighted by Crippen LogP contribution is -2.43. The van der Waals surface area contributed by atoms with E-state index in [-0.39, 0.29) is 18.4 Å². The van der Waals surface area contributed by atoms with E-state index in [4.69, 9.17) is 0 Å². The Morgan fingerprint density at radius 2 is 1.95 bits per heavy atom. The van der Waals surface area contributed by atoms with Crippen molar-refractivity contribution in [1.82, 2.24) is 5.32 Å². The molecule has 1 saturated carbocycles. The second kappa shape index (κ2) is 6.64. The van der Waals surface area contributed by atoms with Gasteiger partial charge in [0.1, 0.15) is 0 Å². The fraction of sp³-hybridized carbons (Fsp3) is 0.857. The van der Waals surface area contributed by atoms with Crippen LogP contribution in [0.1, 0.15) is 51.4 Å². The Hall–Kier alpha value is -0.710. The SMILES string of the molecule is O=C(CC1(C(=O)O)CCCCC1)NC1CCCSC1. The van der Waals surface area contributed by atoms with Crippen molar-refractivity contribution in [2.45, 2.75) is 57.4 Å². The van der Waals surface area contributed by atoms with Crippen LogP contribution in [0.2, 0.25) is 0 Å². The fourth-order valence-electron chi connectivity index (χ4n) is 3.14. The van der Waals surface area contributed by atoms with Gasteiger partial charge in [0.2, 0.25) is 5.91 Å². The number of amides is 1. The third-order valence-corrected chi connectivity index (χ3v) is 5.50. The molecule has 0 spiro atoms. The molecular formula is C14H23NO3S. The summed E-state index contributed by atoms with van der Waals surface area (Å²) in [6.45, 7) is 0. The molecule has 2 rings (SSSR count). The first-order valence-electron chi connectivity index (χ1n) is 7.23. The van der Waals surface area contributed by atoms with Gasteiger partial charge in [-0.1, -0.05) is 19.3 Å². The number of rotatable bonds is 4. The van der Waals surface area contributed by atoms with Crippen molar-refractivity contribution in [3.8, 4) is 0 Å². The highest BCUT2D eigenvalue weighted by Gasteiger charge is 2.41. The number of carbonyl (C=O) groups is 2. The lowest BCUT2D eigenvalue weighted by molar-refractivity contribution is -0.154. The van der Waals surface area contributed by atoms with Crippen molar-refractivity contribution >= 4 is 23.6 Å². The number of nitrogens with one attached hydrogen (secondary N) is 1. The first kappa shape index (κ1) is 14.7. The van der Waals surface area contributed by atoms with Crippen LogP contribution < -0.4 is 5.32 Å². The van der Waals surface area contributed by atoms with Gasteiger partial charge in [-0.3, -0.25) is 9.59 Å². The molecule has 1 aliphatic carbocycles. The summed E-state index contributed by atoms with van der Waals surface area (Å²) in [7, 11) is 0. The zero-order valence-corrected chi connectivity index (χ0v) is 12.1. The number of carboxylic acid groups (broad SMARTS) is 1. The Kier molecular flexibility index (Phi) is 5.13. The molecule has 4 nitrogen and oxygen atoms in total. The Bertz CT molecular complexity index is 334. The summed E-state index contributed by atoms with van der Waals surface area (Å²) in [5.41, 5.74) is -0.801. The molecule has 1 aliphatic heterocycles. The maximum Gasteiger partial charge on any atom is 0.310 e. The molecule has 1 saturated heterocycles. The van der Waals surface area contributed by atoms with Crippen LogP contribution in [0, 0.1) is 5.41 Å². The molecule has 1 unspecified atom stereocenters. The number of hydrogen-bond acceptors (Lipinski definition) is 3. The van der Waals surface area contributed by atoms with Crippen LogP contribution in [-0.4, -0.2) is 34.5 Å². The summed E-state index contributed by atoms with van der Waals surface area (Å²) >= 11 is 1.87. The Morgan fingerprint density at radius 1 is 1.21 bits per heavy atom. The molecule has 19 heavy (non-hydrogen) atoms. The molecule has 1 amide bonds. The van der Waals surface area contributed by atoms with E-state index in [0.717, 1.165) is 37.9 Å². The lowest BCUT2D eigenvalue weighted by Gasteiger charge is -2.33. The molecule has 1 heterocycles. The molecular weight excluding hydrogens is 262 g/mol. The van der Waals surface area contributed by atoms with Crippen LogP contribution in [0.15, 0.2) is 0 Å². The molecule has 5 heteroatoms. The standard InChI is InChI=1S/C14H23NO3S/c16-12(15-11-5-4-8-19-10-11)9-14(13(17)18)6-2-1-3-7-14/h11H,1-10H2,(H,15,16)(H,17,18). The maximum absolute atomic E-state index is 12.1. The van der Waals surface area contributed by atoms with Gasteiger partial charge >= 0.3 is 5.97 Å². The van der Waals surface area contributed by atoms with E-state index in [1.165, 1.54) is 5.75 Å². The first-order chi connectivity index (χ1) is 9.12. The summed E-state index contributed by atoms with van der Waals surface area (Å²) in [5.74, 6) is 1.27. The van der Waals surface area contributed by atoms with Crippen molar-refractivity contribution in [3.05, 3.63) is 0 Å². The minimum Gasteiger partial charge on any atom is -0.481 e. The van der Waals surface area contributed by atoms with E-state index < -0.39 is 11.4 Å². The van der Waals surface area contributed by atoms with Crippen LogP contribution in [0.4, 0.5) is 0 Å². The minimum atomic E-state index is -0.801. The lowest BCUT2D eigenvalue weighted by atomic mass is 9.71. The smallest absolute Gasteiger partial charge is 0.310 e. The highest BCUT2D eigenvalue weighted by atomic mass is 32.2. The highest BCUT2D eigenvalue weighted by molar-refractivity contribution is 7.99. The summed E-state index contributed by atoms with van der Waals surface area (Å²) in [6.07, 6.45) is 6.57. The molecule has 2 fully saturated rings. The van der Waals surface area contributed by atoms with E-state index in [9.17, 15) is 14.7 Å². The van der Waals surface area contributed by atoms with Gasteiger partial charge in [0.15, 0.2) is 0 Å². The predicted molar refractivity (Wildman–Crippen MR) is 76.3 cm³/mol. The third kappa shape index (κ3) is 3.88. The summed E-state index contributed by atoms with van der Waals surface area (Å²) < 4.78 is 0. The van der Waals surface area contributed by atoms with Gasteiger partial charge in [-0.2, -0.15) is 11.8 Å².